The van der Waals surface area contributed by atoms with Crippen LogP contribution in [0.3, 0.4) is 0 Å². The Hall–Kier alpha value is -3.13. The highest BCUT2D eigenvalue weighted by atomic mass is 35.5. The first-order chi connectivity index (χ1) is 15.0. The van der Waals surface area contributed by atoms with Crippen LogP contribution in [-0.2, 0) is 6.54 Å². The summed E-state index contributed by atoms with van der Waals surface area (Å²) < 4.78 is 1.71. The minimum Gasteiger partial charge on any atom is -0.349 e. The molecule has 0 atom stereocenters. The quantitative estimate of drug-likeness (QED) is 0.541. The van der Waals surface area contributed by atoms with Crippen LogP contribution in [0.25, 0.3) is 11.0 Å². The van der Waals surface area contributed by atoms with Crippen LogP contribution in [-0.4, -0.2) is 39.5 Å². The number of carbonyl (C=O) groups excluding carboxylic acids is 2. The minimum atomic E-state index is -0.319. The molecule has 0 aliphatic heterocycles. The van der Waals surface area contributed by atoms with Crippen molar-refractivity contribution in [2.75, 3.05) is 11.9 Å². The Bertz CT molecular complexity index is 1110. The number of nitrogens with zero attached hydrogens (tertiary/aromatic N) is 3. The fourth-order valence-corrected chi connectivity index (χ4v) is 3.98. The van der Waals surface area contributed by atoms with Gasteiger partial charge in [0.2, 0.25) is 0 Å². The zero-order valence-corrected chi connectivity index (χ0v) is 18.1. The van der Waals surface area contributed by atoms with Crippen molar-refractivity contribution in [2.45, 2.75) is 45.2 Å². The Morgan fingerprint density at radius 3 is 2.81 bits per heavy atom. The number of carbonyl (C=O) groups is 2. The van der Waals surface area contributed by atoms with Crippen molar-refractivity contribution in [3.05, 3.63) is 52.5 Å². The second kappa shape index (κ2) is 9.34. The maximum atomic E-state index is 12.5. The van der Waals surface area contributed by atoms with Crippen LogP contribution in [0.15, 0.2) is 36.4 Å². The summed E-state index contributed by atoms with van der Waals surface area (Å²) in [5.41, 5.74) is 3.53. The van der Waals surface area contributed by atoms with Crippen LogP contribution < -0.4 is 16.0 Å². The zero-order chi connectivity index (χ0) is 21.8. The molecule has 3 amide bonds. The van der Waals surface area contributed by atoms with Crippen LogP contribution >= 0.6 is 11.6 Å². The van der Waals surface area contributed by atoms with E-state index in [1.807, 2.05) is 13.0 Å². The van der Waals surface area contributed by atoms with Gasteiger partial charge in [-0.1, -0.05) is 35.7 Å². The number of amides is 3. The summed E-state index contributed by atoms with van der Waals surface area (Å²) in [6.45, 7) is 2.67. The molecule has 31 heavy (non-hydrogen) atoms. The monoisotopic (exact) mass is 440 g/mol. The lowest BCUT2D eigenvalue weighted by atomic mass is 10.1. The first-order valence-corrected chi connectivity index (χ1v) is 10.8. The molecule has 0 saturated heterocycles. The van der Waals surface area contributed by atoms with Gasteiger partial charge in [0.05, 0.1) is 12.1 Å². The molecule has 3 N–H and O–H groups in total. The minimum absolute atomic E-state index is 0.0713. The van der Waals surface area contributed by atoms with Crippen molar-refractivity contribution in [3.8, 4) is 0 Å². The van der Waals surface area contributed by atoms with E-state index in [2.05, 4.69) is 26.3 Å². The van der Waals surface area contributed by atoms with Gasteiger partial charge in [-0.3, -0.25) is 4.79 Å². The van der Waals surface area contributed by atoms with E-state index in [4.69, 9.17) is 11.6 Å². The van der Waals surface area contributed by atoms with Crippen LogP contribution in [0.5, 0.6) is 0 Å². The Kier molecular flexibility index (Phi) is 6.36. The summed E-state index contributed by atoms with van der Waals surface area (Å²) in [5, 5.41) is 17.6. The molecule has 0 spiro atoms. The molecule has 1 heterocycles. The lowest BCUT2D eigenvalue weighted by molar-refractivity contribution is 0.0938. The number of halogens is 1. The first-order valence-electron chi connectivity index (χ1n) is 10.5. The molecule has 1 aliphatic rings. The number of urea groups is 1. The summed E-state index contributed by atoms with van der Waals surface area (Å²) in [5.74, 6) is -0.0713. The van der Waals surface area contributed by atoms with Crippen molar-refractivity contribution in [3.63, 3.8) is 0 Å². The smallest absolute Gasteiger partial charge is 0.319 e. The van der Waals surface area contributed by atoms with Crippen LogP contribution in [0.1, 0.15) is 41.6 Å². The number of fused-ring (bicyclic) bond motifs is 1. The molecule has 0 bridgehead atoms. The number of hydrogen-bond donors (Lipinski definition) is 3. The van der Waals surface area contributed by atoms with Gasteiger partial charge in [-0.25, -0.2) is 9.48 Å². The van der Waals surface area contributed by atoms with Crippen molar-refractivity contribution in [1.82, 2.24) is 25.6 Å². The van der Waals surface area contributed by atoms with Crippen LogP contribution in [0, 0.1) is 6.92 Å². The van der Waals surface area contributed by atoms with Crippen LogP contribution in [0.4, 0.5) is 10.5 Å². The number of rotatable bonds is 6. The predicted octanol–water partition coefficient (Wildman–Crippen LogP) is 3.89. The van der Waals surface area contributed by atoms with E-state index in [1.165, 1.54) is 12.8 Å². The second-order valence-corrected chi connectivity index (χ2v) is 8.17. The molecule has 162 valence electrons. The highest BCUT2D eigenvalue weighted by Gasteiger charge is 2.18. The molecule has 0 radical (unpaired) electrons. The topological polar surface area (TPSA) is 101 Å². The van der Waals surface area contributed by atoms with E-state index in [9.17, 15) is 9.59 Å². The fraction of sp³-hybridized carbons (Fsp3) is 0.364. The Balaban J connectivity index is 1.33. The average molecular weight is 441 g/mol. The molecular weight excluding hydrogens is 416 g/mol. The summed E-state index contributed by atoms with van der Waals surface area (Å²) in [6.07, 6.45) is 4.43. The van der Waals surface area contributed by atoms with Crippen molar-refractivity contribution in [2.24, 2.45) is 0 Å². The molecule has 9 heteroatoms. The summed E-state index contributed by atoms with van der Waals surface area (Å²) in [7, 11) is 0. The van der Waals surface area contributed by atoms with E-state index in [1.54, 1.807) is 35.0 Å². The zero-order valence-electron chi connectivity index (χ0n) is 17.3. The maximum absolute atomic E-state index is 12.5. The molecule has 2 aromatic carbocycles. The number of benzene rings is 2. The van der Waals surface area contributed by atoms with Gasteiger partial charge in [-0.15, -0.1) is 5.10 Å². The predicted molar refractivity (Wildman–Crippen MR) is 120 cm³/mol. The third-order valence-corrected chi connectivity index (χ3v) is 6.00. The van der Waals surface area contributed by atoms with Crippen molar-refractivity contribution in [1.29, 1.82) is 0 Å². The SMILES string of the molecule is Cc1c(Cl)cccc1NC(=O)NCCn1nnc2cc(C(=O)NC3CCCC3)ccc21. The number of nitrogens with one attached hydrogen (secondary N) is 3. The maximum Gasteiger partial charge on any atom is 0.319 e. The largest absolute Gasteiger partial charge is 0.349 e. The van der Waals surface area contributed by atoms with Crippen LogP contribution in [0.2, 0.25) is 5.02 Å². The third-order valence-electron chi connectivity index (χ3n) is 5.59. The van der Waals surface area contributed by atoms with E-state index in [0.29, 0.717) is 34.9 Å². The molecule has 1 aliphatic carbocycles. The lowest BCUT2D eigenvalue weighted by Gasteiger charge is -2.12. The summed E-state index contributed by atoms with van der Waals surface area (Å²) in [4.78, 5) is 24.6. The Morgan fingerprint density at radius 2 is 2.00 bits per heavy atom. The molecule has 3 aromatic rings. The highest BCUT2D eigenvalue weighted by molar-refractivity contribution is 6.31. The van der Waals surface area contributed by atoms with Gasteiger partial charge in [0.15, 0.2) is 0 Å². The number of anilines is 1. The van der Waals surface area contributed by atoms with Crippen molar-refractivity contribution < 1.29 is 9.59 Å². The van der Waals surface area contributed by atoms with E-state index < -0.39 is 0 Å². The Labute approximate surface area is 185 Å². The van der Waals surface area contributed by atoms with Crippen molar-refractivity contribution >= 4 is 40.3 Å². The molecule has 1 saturated carbocycles. The molecule has 1 fully saturated rings. The molecule has 1 aromatic heterocycles. The van der Waals surface area contributed by atoms with Gasteiger partial charge in [-0.05, 0) is 55.7 Å². The molecule has 4 rings (SSSR count). The summed E-state index contributed by atoms with van der Waals surface area (Å²) >= 11 is 6.08. The highest BCUT2D eigenvalue weighted by Crippen LogP contribution is 2.23. The van der Waals surface area contributed by atoms with E-state index in [0.717, 1.165) is 23.9 Å². The first kappa shape index (κ1) is 21.1. The molecule has 8 nitrogen and oxygen atoms in total. The van der Waals surface area contributed by atoms with Gasteiger partial charge >= 0.3 is 6.03 Å². The number of aromatic nitrogens is 3. The van der Waals surface area contributed by atoms with Gasteiger partial charge in [0.25, 0.3) is 5.91 Å². The summed E-state index contributed by atoms with van der Waals surface area (Å²) in [6, 6.07) is 10.7. The third kappa shape index (κ3) is 4.96. The standard InChI is InChI=1S/C22H25ClN6O2/c1-14-17(23)7-4-8-18(14)26-22(31)24-11-12-29-20-10-9-15(13-19(20)27-28-29)21(30)25-16-5-2-3-6-16/h4,7-10,13,16H,2-3,5-6,11-12H2,1H3,(H,25,30)(H2,24,26,31). The molecular formula is C22H25ClN6O2. The van der Waals surface area contributed by atoms with E-state index in [-0.39, 0.29) is 18.0 Å². The normalized spacial score (nSPS) is 14.0. The van der Waals surface area contributed by atoms with Gasteiger partial charge < -0.3 is 16.0 Å². The van der Waals surface area contributed by atoms with Gasteiger partial charge in [-0.2, -0.15) is 0 Å². The Morgan fingerprint density at radius 1 is 1.19 bits per heavy atom. The second-order valence-electron chi connectivity index (χ2n) is 7.76. The van der Waals surface area contributed by atoms with E-state index >= 15 is 0 Å². The van der Waals surface area contributed by atoms with Gasteiger partial charge in [0.1, 0.15) is 5.52 Å². The molecule has 0 unspecified atom stereocenters. The fourth-order valence-electron chi connectivity index (χ4n) is 3.80. The average Bonchev–Trinajstić information content (AvgIpc) is 3.41. The lowest BCUT2D eigenvalue weighted by Crippen LogP contribution is -2.32. The van der Waals surface area contributed by atoms with Gasteiger partial charge in [0, 0.05) is 28.9 Å². The number of hydrogen-bond acceptors (Lipinski definition) is 4.